The Morgan fingerprint density at radius 2 is 1.63 bits per heavy atom. The summed E-state index contributed by atoms with van der Waals surface area (Å²) >= 11 is 12.0. The number of nitrogens with one attached hydrogen (secondary N) is 1. The van der Waals surface area contributed by atoms with E-state index in [0.717, 1.165) is 5.56 Å². The molecule has 0 aromatic heterocycles. The molecule has 2 aromatic carbocycles. The quantitative estimate of drug-likeness (QED) is 0.659. The molecule has 0 aliphatic heterocycles. The number of hydrogen-bond donors (Lipinski definition) is 2. The summed E-state index contributed by atoms with van der Waals surface area (Å²) in [6, 6.07) is 11.7. The highest BCUT2D eigenvalue weighted by Gasteiger charge is 2.17. The third kappa shape index (κ3) is 2.93. The van der Waals surface area contributed by atoms with Crippen LogP contribution in [0, 0.1) is 13.8 Å². The predicted octanol–water partition coefficient (Wildman–Crippen LogP) is 4.16. The lowest BCUT2D eigenvalue weighted by Gasteiger charge is -2.21. The summed E-state index contributed by atoms with van der Waals surface area (Å²) < 4.78 is 0. The molecule has 2 aromatic rings. The highest BCUT2D eigenvalue weighted by Crippen LogP contribution is 2.31. The zero-order valence-corrected chi connectivity index (χ0v) is 12.4. The number of nitrogens with two attached hydrogens (primary N) is 1. The molecule has 1 unspecified atom stereocenters. The molecule has 0 aliphatic rings. The summed E-state index contributed by atoms with van der Waals surface area (Å²) in [6.45, 7) is 4.15. The van der Waals surface area contributed by atoms with Gasteiger partial charge in [0.05, 0.1) is 16.1 Å². The van der Waals surface area contributed by atoms with Gasteiger partial charge in [-0.1, -0.05) is 47.5 Å². The summed E-state index contributed by atoms with van der Waals surface area (Å²) in [5.41, 5.74) is 7.40. The molecule has 0 aliphatic carbocycles. The maximum Gasteiger partial charge on any atom is 0.0715 e. The molecule has 0 bridgehead atoms. The molecule has 1 atom stereocenters. The highest BCUT2D eigenvalue weighted by molar-refractivity contribution is 6.42. The first-order valence-corrected chi connectivity index (χ1v) is 6.77. The highest BCUT2D eigenvalue weighted by atomic mass is 35.5. The number of aryl methyl sites for hydroxylation is 2. The van der Waals surface area contributed by atoms with Crippen molar-refractivity contribution in [3.8, 4) is 0 Å². The van der Waals surface area contributed by atoms with Crippen molar-refractivity contribution in [1.29, 1.82) is 0 Å². The van der Waals surface area contributed by atoms with E-state index in [1.54, 1.807) is 6.07 Å². The SMILES string of the molecule is Cc1cccc(C)c1C(NN)c1ccc(Cl)c(Cl)c1. The molecule has 4 heteroatoms. The van der Waals surface area contributed by atoms with Crippen LogP contribution >= 0.6 is 23.2 Å². The molecular weight excluding hydrogens is 279 g/mol. The molecular formula is C15H16Cl2N2. The van der Waals surface area contributed by atoms with Crippen LogP contribution in [0.4, 0.5) is 0 Å². The van der Waals surface area contributed by atoms with Gasteiger partial charge < -0.3 is 0 Å². The van der Waals surface area contributed by atoms with E-state index in [1.165, 1.54) is 16.7 Å². The van der Waals surface area contributed by atoms with Gasteiger partial charge in [-0.2, -0.15) is 0 Å². The van der Waals surface area contributed by atoms with Gasteiger partial charge >= 0.3 is 0 Å². The van der Waals surface area contributed by atoms with E-state index in [-0.39, 0.29) is 6.04 Å². The molecule has 0 saturated heterocycles. The predicted molar refractivity (Wildman–Crippen MR) is 81.5 cm³/mol. The van der Waals surface area contributed by atoms with Gasteiger partial charge in [0, 0.05) is 0 Å². The first kappa shape index (κ1) is 14.4. The largest absolute Gasteiger partial charge is 0.271 e. The van der Waals surface area contributed by atoms with E-state index in [2.05, 4.69) is 31.4 Å². The van der Waals surface area contributed by atoms with Crippen molar-refractivity contribution < 1.29 is 0 Å². The Morgan fingerprint density at radius 3 is 2.16 bits per heavy atom. The van der Waals surface area contributed by atoms with E-state index in [9.17, 15) is 0 Å². The fraction of sp³-hybridized carbons (Fsp3) is 0.200. The smallest absolute Gasteiger partial charge is 0.0715 e. The van der Waals surface area contributed by atoms with Gasteiger partial charge in [0.2, 0.25) is 0 Å². The van der Waals surface area contributed by atoms with Gasteiger partial charge in [-0.05, 0) is 48.2 Å². The van der Waals surface area contributed by atoms with Crippen molar-refractivity contribution in [2.75, 3.05) is 0 Å². The molecule has 2 rings (SSSR count). The van der Waals surface area contributed by atoms with Crippen LogP contribution in [0.1, 0.15) is 28.3 Å². The minimum Gasteiger partial charge on any atom is -0.271 e. The Labute approximate surface area is 123 Å². The van der Waals surface area contributed by atoms with Crippen LogP contribution < -0.4 is 11.3 Å². The van der Waals surface area contributed by atoms with Crippen LogP contribution in [0.2, 0.25) is 10.0 Å². The maximum atomic E-state index is 6.08. The molecule has 0 spiro atoms. The molecule has 19 heavy (non-hydrogen) atoms. The molecule has 0 saturated carbocycles. The van der Waals surface area contributed by atoms with Crippen LogP contribution in [-0.2, 0) is 0 Å². The second kappa shape index (κ2) is 5.93. The third-order valence-corrected chi connectivity index (χ3v) is 4.01. The second-order valence-electron chi connectivity index (χ2n) is 4.58. The van der Waals surface area contributed by atoms with Gasteiger partial charge in [-0.15, -0.1) is 0 Å². The van der Waals surface area contributed by atoms with Gasteiger partial charge in [-0.3, -0.25) is 5.84 Å². The molecule has 0 radical (unpaired) electrons. The van der Waals surface area contributed by atoms with E-state index in [4.69, 9.17) is 29.0 Å². The molecule has 3 N–H and O–H groups in total. The van der Waals surface area contributed by atoms with Crippen LogP contribution in [0.15, 0.2) is 36.4 Å². The summed E-state index contributed by atoms with van der Waals surface area (Å²) in [5.74, 6) is 5.74. The Morgan fingerprint density at radius 1 is 1.00 bits per heavy atom. The minimum absolute atomic E-state index is 0.101. The zero-order chi connectivity index (χ0) is 14.0. The molecule has 2 nitrogen and oxygen atoms in total. The summed E-state index contributed by atoms with van der Waals surface area (Å²) in [5, 5.41) is 1.08. The Balaban J connectivity index is 2.53. The standard InChI is InChI=1S/C15H16Cl2N2/c1-9-4-3-5-10(2)14(9)15(19-18)11-6-7-12(16)13(17)8-11/h3-8,15,19H,18H2,1-2H3. The Hall–Kier alpha value is -1.06. The minimum atomic E-state index is -0.101. The van der Waals surface area contributed by atoms with Crippen LogP contribution in [0.5, 0.6) is 0 Å². The fourth-order valence-corrected chi connectivity index (χ4v) is 2.63. The van der Waals surface area contributed by atoms with Crippen LogP contribution in [0.3, 0.4) is 0 Å². The van der Waals surface area contributed by atoms with Crippen molar-refractivity contribution in [3.05, 3.63) is 68.7 Å². The normalized spacial score (nSPS) is 12.5. The van der Waals surface area contributed by atoms with Gasteiger partial charge in [0.25, 0.3) is 0 Å². The van der Waals surface area contributed by atoms with Crippen molar-refractivity contribution in [2.45, 2.75) is 19.9 Å². The monoisotopic (exact) mass is 294 g/mol. The molecule has 0 amide bonds. The van der Waals surface area contributed by atoms with Crippen molar-refractivity contribution in [2.24, 2.45) is 5.84 Å². The first-order chi connectivity index (χ1) is 9.04. The third-order valence-electron chi connectivity index (χ3n) is 3.27. The average molecular weight is 295 g/mol. The van der Waals surface area contributed by atoms with Crippen molar-refractivity contribution >= 4 is 23.2 Å². The first-order valence-electron chi connectivity index (χ1n) is 6.01. The lowest BCUT2D eigenvalue weighted by Crippen LogP contribution is -2.30. The topological polar surface area (TPSA) is 38.0 Å². The van der Waals surface area contributed by atoms with Crippen LogP contribution in [0.25, 0.3) is 0 Å². The van der Waals surface area contributed by atoms with E-state index in [1.807, 2.05) is 18.2 Å². The summed E-state index contributed by atoms with van der Waals surface area (Å²) in [6.07, 6.45) is 0. The second-order valence-corrected chi connectivity index (χ2v) is 5.39. The van der Waals surface area contributed by atoms with Crippen LogP contribution in [-0.4, -0.2) is 0 Å². The number of benzene rings is 2. The van der Waals surface area contributed by atoms with Crippen molar-refractivity contribution in [3.63, 3.8) is 0 Å². The van der Waals surface area contributed by atoms with E-state index >= 15 is 0 Å². The Kier molecular flexibility index (Phi) is 4.48. The lowest BCUT2D eigenvalue weighted by molar-refractivity contribution is 0.630. The fourth-order valence-electron chi connectivity index (χ4n) is 2.32. The molecule has 0 heterocycles. The average Bonchev–Trinajstić information content (AvgIpc) is 2.37. The van der Waals surface area contributed by atoms with Gasteiger partial charge in [-0.25, -0.2) is 5.43 Å². The molecule has 100 valence electrons. The number of hydrogen-bond acceptors (Lipinski definition) is 2. The number of hydrazine groups is 1. The summed E-state index contributed by atoms with van der Waals surface area (Å²) in [7, 11) is 0. The van der Waals surface area contributed by atoms with Gasteiger partial charge in [0.1, 0.15) is 0 Å². The number of halogens is 2. The van der Waals surface area contributed by atoms with Gasteiger partial charge in [0.15, 0.2) is 0 Å². The summed E-state index contributed by atoms with van der Waals surface area (Å²) in [4.78, 5) is 0. The van der Waals surface area contributed by atoms with E-state index in [0.29, 0.717) is 10.0 Å². The van der Waals surface area contributed by atoms with E-state index < -0.39 is 0 Å². The molecule has 0 fully saturated rings. The lowest BCUT2D eigenvalue weighted by atomic mass is 9.92. The number of rotatable bonds is 3. The Bertz CT molecular complexity index is 576. The zero-order valence-electron chi connectivity index (χ0n) is 10.9. The van der Waals surface area contributed by atoms with Crippen molar-refractivity contribution in [1.82, 2.24) is 5.43 Å². The maximum absolute atomic E-state index is 6.08.